The van der Waals surface area contributed by atoms with E-state index in [1.54, 1.807) is 36.4 Å². The van der Waals surface area contributed by atoms with Gasteiger partial charge in [-0.15, -0.1) is 0 Å². The molecule has 0 fully saturated rings. The van der Waals surface area contributed by atoms with Crippen LogP contribution in [0.4, 0.5) is 0 Å². The van der Waals surface area contributed by atoms with Crippen LogP contribution in [0.5, 0.6) is 5.75 Å². The summed E-state index contributed by atoms with van der Waals surface area (Å²) in [7, 11) is 0. The van der Waals surface area contributed by atoms with Crippen molar-refractivity contribution in [3.8, 4) is 5.75 Å². The first-order valence-corrected chi connectivity index (χ1v) is 10.3. The number of ether oxygens (including phenoxy) is 1. The number of carbonyl (C=O) groups is 2. The molecule has 160 valence electrons. The third-order valence-electron chi connectivity index (χ3n) is 4.54. The van der Waals surface area contributed by atoms with Gasteiger partial charge in [0.05, 0.1) is 12.9 Å². The summed E-state index contributed by atoms with van der Waals surface area (Å²) < 4.78 is 10.9. The van der Waals surface area contributed by atoms with Crippen molar-refractivity contribution in [3.63, 3.8) is 0 Å². The highest BCUT2D eigenvalue weighted by Gasteiger charge is 2.15. The Bertz CT molecular complexity index is 1010. The highest BCUT2D eigenvalue weighted by Crippen LogP contribution is 2.19. The number of carbonyl (C=O) groups excluding carboxylic acids is 2. The van der Waals surface area contributed by atoms with Gasteiger partial charge in [-0.3, -0.25) is 9.59 Å². The van der Waals surface area contributed by atoms with E-state index in [1.807, 2.05) is 37.3 Å². The van der Waals surface area contributed by atoms with Crippen LogP contribution in [-0.4, -0.2) is 25.0 Å². The molecular weight excluding hydrogens is 392 g/mol. The number of hydrogen-bond donors (Lipinski definition) is 2. The number of nitrogens with one attached hydrogen (secondary N) is 2. The first kappa shape index (κ1) is 21.9. The zero-order valence-corrected chi connectivity index (χ0v) is 17.5. The summed E-state index contributed by atoms with van der Waals surface area (Å²) in [4.78, 5) is 25.3. The number of para-hydroxylation sites is 1. The van der Waals surface area contributed by atoms with E-state index in [9.17, 15) is 9.59 Å². The lowest BCUT2D eigenvalue weighted by Crippen LogP contribution is -2.35. The largest absolute Gasteiger partial charge is 0.494 e. The van der Waals surface area contributed by atoms with E-state index in [1.165, 1.54) is 12.3 Å². The van der Waals surface area contributed by atoms with E-state index in [0.29, 0.717) is 24.5 Å². The fourth-order valence-electron chi connectivity index (χ4n) is 3.04. The predicted molar refractivity (Wildman–Crippen MR) is 120 cm³/mol. The van der Waals surface area contributed by atoms with Crippen LogP contribution in [0.3, 0.4) is 0 Å². The Morgan fingerprint density at radius 2 is 1.77 bits per heavy atom. The van der Waals surface area contributed by atoms with Crippen molar-refractivity contribution in [1.29, 1.82) is 0 Å². The summed E-state index contributed by atoms with van der Waals surface area (Å²) >= 11 is 0. The third kappa shape index (κ3) is 6.60. The summed E-state index contributed by atoms with van der Waals surface area (Å²) in [5, 5.41) is 5.56. The number of furan rings is 1. The van der Waals surface area contributed by atoms with Gasteiger partial charge in [0.25, 0.3) is 11.8 Å². The Labute approximate surface area is 181 Å². The van der Waals surface area contributed by atoms with Crippen LogP contribution in [-0.2, 0) is 11.2 Å². The van der Waals surface area contributed by atoms with Crippen LogP contribution < -0.4 is 15.4 Å². The molecule has 0 saturated heterocycles. The predicted octanol–water partition coefficient (Wildman–Crippen LogP) is 4.20. The number of rotatable bonds is 10. The molecule has 2 aromatic carbocycles. The Morgan fingerprint density at radius 1 is 1.00 bits per heavy atom. The van der Waals surface area contributed by atoms with Crippen LogP contribution in [0.25, 0.3) is 6.08 Å². The van der Waals surface area contributed by atoms with Gasteiger partial charge < -0.3 is 19.8 Å². The van der Waals surface area contributed by atoms with E-state index in [2.05, 4.69) is 10.6 Å². The van der Waals surface area contributed by atoms with Gasteiger partial charge in [0.15, 0.2) is 0 Å². The molecule has 6 heteroatoms. The lowest BCUT2D eigenvalue weighted by atomic mass is 10.1. The number of aryl methyl sites for hydroxylation is 1. The van der Waals surface area contributed by atoms with E-state index in [-0.39, 0.29) is 17.5 Å². The summed E-state index contributed by atoms with van der Waals surface area (Å²) in [5.41, 5.74) is 1.69. The third-order valence-corrected chi connectivity index (χ3v) is 4.54. The minimum Gasteiger partial charge on any atom is -0.494 e. The van der Waals surface area contributed by atoms with Gasteiger partial charge in [-0.1, -0.05) is 36.4 Å². The fraction of sp³-hybridized carbons (Fsp3) is 0.200. The minimum atomic E-state index is -0.376. The molecule has 0 atom stereocenters. The Balaban J connectivity index is 1.61. The summed E-state index contributed by atoms with van der Waals surface area (Å²) in [6.07, 6.45) is 4.53. The molecule has 0 saturated carbocycles. The molecule has 1 aromatic heterocycles. The van der Waals surface area contributed by atoms with E-state index < -0.39 is 0 Å². The molecule has 0 aliphatic heterocycles. The fourth-order valence-corrected chi connectivity index (χ4v) is 3.04. The van der Waals surface area contributed by atoms with Gasteiger partial charge in [-0.25, -0.2) is 0 Å². The zero-order chi connectivity index (χ0) is 21.9. The van der Waals surface area contributed by atoms with Crippen molar-refractivity contribution in [2.24, 2.45) is 0 Å². The summed E-state index contributed by atoms with van der Waals surface area (Å²) in [6.45, 7) is 3.01. The second-order valence-electron chi connectivity index (χ2n) is 6.79. The second-order valence-corrected chi connectivity index (χ2v) is 6.79. The zero-order valence-electron chi connectivity index (χ0n) is 17.5. The van der Waals surface area contributed by atoms with Crippen molar-refractivity contribution in [3.05, 3.63) is 95.6 Å². The first-order chi connectivity index (χ1) is 15.2. The maximum absolute atomic E-state index is 12.8. The monoisotopic (exact) mass is 418 g/mol. The van der Waals surface area contributed by atoms with Gasteiger partial charge in [0, 0.05) is 18.2 Å². The SMILES string of the molecule is CCOc1ccccc1CCCNC(=O)/C(=C/c1ccco1)NC(=O)c1ccccc1. The Morgan fingerprint density at radius 3 is 2.52 bits per heavy atom. The van der Waals surface area contributed by atoms with Crippen LogP contribution in [0, 0.1) is 0 Å². The average molecular weight is 418 g/mol. The minimum absolute atomic E-state index is 0.124. The molecule has 0 spiro atoms. The normalized spacial score (nSPS) is 11.1. The number of amides is 2. The molecule has 0 aliphatic rings. The number of benzene rings is 2. The number of hydrogen-bond acceptors (Lipinski definition) is 4. The lowest BCUT2D eigenvalue weighted by molar-refractivity contribution is -0.117. The van der Waals surface area contributed by atoms with Crippen molar-refractivity contribution in [2.75, 3.05) is 13.2 Å². The molecular formula is C25H26N2O4. The van der Waals surface area contributed by atoms with Crippen LogP contribution in [0.2, 0.25) is 0 Å². The highest BCUT2D eigenvalue weighted by atomic mass is 16.5. The topological polar surface area (TPSA) is 80.6 Å². The molecule has 1 heterocycles. The molecule has 0 bridgehead atoms. The van der Waals surface area contributed by atoms with E-state index in [0.717, 1.165) is 24.2 Å². The van der Waals surface area contributed by atoms with Crippen LogP contribution >= 0.6 is 0 Å². The van der Waals surface area contributed by atoms with Crippen LogP contribution in [0.15, 0.2) is 83.1 Å². The van der Waals surface area contributed by atoms with Gasteiger partial charge in [0.1, 0.15) is 17.2 Å². The van der Waals surface area contributed by atoms with E-state index >= 15 is 0 Å². The molecule has 3 aromatic rings. The summed E-state index contributed by atoms with van der Waals surface area (Å²) in [6, 6.07) is 20.1. The van der Waals surface area contributed by atoms with Crippen LogP contribution in [0.1, 0.15) is 35.0 Å². The standard InChI is InChI=1S/C25H26N2O4/c1-2-30-23-15-7-6-10-19(23)13-8-16-26-25(29)22(18-21-14-9-17-31-21)27-24(28)20-11-4-3-5-12-20/h3-7,9-12,14-15,17-18H,2,8,13,16H2,1H3,(H,26,29)(H,27,28)/b22-18-. The van der Waals surface area contributed by atoms with Crippen molar-refractivity contribution in [2.45, 2.75) is 19.8 Å². The molecule has 0 unspecified atom stereocenters. The Kier molecular flexibility index (Phi) is 8.05. The summed E-state index contributed by atoms with van der Waals surface area (Å²) in [5.74, 6) is 0.604. The molecule has 3 rings (SSSR count). The lowest BCUT2D eigenvalue weighted by Gasteiger charge is -2.12. The molecule has 2 amide bonds. The smallest absolute Gasteiger partial charge is 0.267 e. The molecule has 0 aliphatic carbocycles. The average Bonchev–Trinajstić information content (AvgIpc) is 3.31. The second kappa shape index (κ2) is 11.4. The molecule has 6 nitrogen and oxygen atoms in total. The molecule has 31 heavy (non-hydrogen) atoms. The van der Waals surface area contributed by atoms with Gasteiger partial charge in [0.2, 0.25) is 0 Å². The maximum Gasteiger partial charge on any atom is 0.267 e. The highest BCUT2D eigenvalue weighted by molar-refractivity contribution is 6.05. The molecule has 0 radical (unpaired) electrons. The van der Waals surface area contributed by atoms with Crippen molar-refractivity contribution >= 4 is 17.9 Å². The Hall–Kier alpha value is -3.80. The quantitative estimate of drug-likeness (QED) is 0.382. The van der Waals surface area contributed by atoms with Crippen molar-refractivity contribution < 1.29 is 18.7 Å². The maximum atomic E-state index is 12.8. The van der Waals surface area contributed by atoms with Gasteiger partial charge in [-0.2, -0.15) is 0 Å². The van der Waals surface area contributed by atoms with Gasteiger partial charge >= 0.3 is 0 Å². The van der Waals surface area contributed by atoms with Crippen molar-refractivity contribution in [1.82, 2.24) is 10.6 Å². The first-order valence-electron chi connectivity index (χ1n) is 10.3. The van der Waals surface area contributed by atoms with Gasteiger partial charge in [-0.05, 0) is 55.7 Å². The molecule has 2 N–H and O–H groups in total. The van der Waals surface area contributed by atoms with E-state index in [4.69, 9.17) is 9.15 Å².